The first kappa shape index (κ1) is 23.6. The van der Waals surface area contributed by atoms with Crippen LogP contribution >= 0.6 is 24.0 Å². The van der Waals surface area contributed by atoms with Crippen LogP contribution in [0.2, 0.25) is 0 Å². The van der Waals surface area contributed by atoms with Crippen molar-refractivity contribution in [2.45, 2.75) is 20.4 Å². The molecule has 1 heterocycles. The Morgan fingerprint density at radius 3 is 2.26 bits per heavy atom. The summed E-state index contributed by atoms with van der Waals surface area (Å²) >= 11 is 6.81. The predicted molar refractivity (Wildman–Crippen MR) is 137 cm³/mol. The van der Waals surface area contributed by atoms with E-state index in [1.54, 1.807) is 0 Å². The van der Waals surface area contributed by atoms with Crippen LogP contribution < -0.4 is 10.2 Å². The molecule has 0 radical (unpaired) electrons. The highest BCUT2D eigenvalue weighted by Crippen LogP contribution is 2.20. The number of thiocarbonyl (C=S) groups is 1. The number of rotatable bonds is 8. The molecule has 31 heavy (non-hydrogen) atoms. The molecule has 166 valence electrons. The van der Waals surface area contributed by atoms with Gasteiger partial charge in [-0.05, 0) is 43.7 Å². The summed E-state index contributed by atoms with van der Waals surface area (Å²) in [6, 6.07) is 18.8. The number of benzene rings is 2. The Hall–Kier alpha value is -2.09. The average molecular weight is 457 g/mol. The van der Waals surface area contributed by atoms with Crippen LogP contribution in [0.4, 0.5) is 11.4 Å². The maximum absolute atomic E-state index is 12.3. The number of anilines is 2. The first-order valence-corrected chi connectivity index (χ1v) is 12.3. The van der Waals surface area contributed by atoms with E-state index in [1.807, 2.05) is 12.1 Å². The molecule has 1 amide bonds. The van der Waals surface area contributed by atoms with E-state index in [0.717, 1.165) is 55.8 Å². The minimum atomic E-state index is -0.0261. The molecule has 0 unspecified atom stereocenters. The summed E-state index contributed by atoms with van der Waals surface area (Å²) < 4.78 is 0.780. The molecular weight excluding hydrogens is 424 g/mol. The summed E-state index contributed by atoms with van der Waals surface area (Å²) in [5.41, 5.74) is 3.40. The molecule has 2 aromatic carbocycles. The van der Waals surface area contributed by atoms with Crippen molar-refractivity contribution in [3.63, 3.8) is 0 Å². The second kappa shape index (κ2) is 12.1. The molecule has 1 aliphatic rings. The lowest BCUT2D eigenvalue weighted by atomic mass is 10.2. The molecule has 1 N–H and O–H groups in total. The number of thioether (sulfide) groups is 1. The summed E-state index contributed by atoms with van der Waals surface area (Å²) in [7, 11) is 0. The van der Waals surface area contributed by atoms with Gasteiger partial charge in [-0.1, -0.05) is 54.3 Å². The van der Waals surface area contributed by atoms with Gasteiger partial charge in [-0.15, -0.1) is 0 Å². The maximum atomic E-state index is 12.3. The number of nitrogens with one attached hydrogen (secondary N) is 1. The molecule has 3 rings (SSSR count). The fraction of sp³-hybridized carbons (Fsp3) is 0.417. The molecule has 0 aliphatic carbocycles. The fourth-order valence-electron chi connectivity index (χ4n) is 3.66. The van der Waals surface area contributed by atoms with E-state index in [4.69, 9.17) is 12.2 Å². The van der Waals surface area contributed by atoms with Crippen molar-refractivity contribution in [2.24, 2.45) is 0 Å². The number of nitrogens with zero attached hydrogens (tertiary/aromatic N) is 3. The summed E-state index contributed by atoms with van der Waals surface area (Å²) in [6.07, 6.45) is 0. The maximum Gasteiger partial charge on any atom is 0.234 e. The zero-order valence-electron chi connectivity index (χ0n) is 18.4. The molecule has 0 aromatic heterocycles. The Labute approximate surface area is 195 Å². The monoisotopic (exact) mass is 456 g/mol. The molecule has 2 aromatic rings. The molecule has 0 bridgehead atoms. The molecule has 1 fully saturated rings. The lowest BCUT2D eigenvalue weighted by Gasteiger charge is -2.36. The number of hydrogen-bond donors (Lipinski definition) is 1. The summed E-state index contributed by atoms with van der Waals surface area (Å²) in [5, 5.41) is 2.97. The van der Waals surface area contributed by atoms with Crippen LogP contribution in [-0.2, 0) is 11.3 Å². The van der Waals surface area contributed by atoms with Crippen molar-refractivity contribution in [3.8, 4) is 0 Å². The van der Waals surface area contributed by atoms with Gasteiger partial charge in [0.2, 0.25) is 5.91 Å². The highest BCUT2D eigenvalue weighted by Gasteiger charge is 2.17. The predicted octanol–water partition coefficient (Wildman–Crippen LogP) is 4.31. The van der Waals surface area contributed by atoms with Gasteiger partial charge in [0.05, 0.1) is 5.75 Å². The molecule has 1 saturated heterocycles. The Kier molecular flexibility index (Phi) is 9.18. The molecule has 0 saturated carbocycles. The lowest BCUT2D eigenvalue weighted by Crippen LogP contribution is -2.45. The SMILES string of the molecule is CCN(CC)C(=S)SCC(=O)Nc1ccc(N2CCN(Cc3ccccc3)CC2)cc1. The minimum Gasteiger partial charge on any atom is -0.369 e. The summed E-state index contributed by atoms with van der Waals surface area (Å²) in [5.74, 6) is 0.308. The van der Waals surface area contributed by atoms with Crippen LogP contribution in [0, 0.1) is 0 Å². The summed E-state index contributed by atoms with van der Waals surface area (Å²) in [6.45, 7) is 11.0. The van der Waals surface area contributed by atoms with E-state index < -0.39 is 0 Å². The second-order valence-electron chi connectivity index (χ2n) is 7.57. The number of piperazine rings is 1. The average Bonchev–Trinajstić information content (AvgIpc) is 2.80. The first-order valence-electron chi connectivity index (χ1n) is 10.9. The molecule has 0 atom stereocenters. The van der Waals surface area contributed by atoms with Gasteiger partial charge < -0.3 is 15.1 Å². The molecule has 0 spiro atoms. The minimum absolute atomic E-state index is 0.0261. The van der Waals surface area contributed by atoms with Crippen molar-refractivity contribution in [1.29, 1.82) is 0 Å². The summed E-state index contributed by atoms with van der Waals surface area (Å²) in [4.78, 5) is 19.3. The van der Waals surface area contributed by atoms with Gasteiger partial charge in [-0.2, -0.15) is 0 Å². The Morgan fingerprint density at radius 2 is 1.65 bits per heavy atom. The van der Waals surface area contributed by atoms with E-state index >= 15 is 0 Å². The Morgan fingerprint density at radius 1 is 1.00 bits per heavy atom. The molecule has 5 nitrogen and oxygen atoms in total. The van der Waals surface area contributed by atoms with E-state index in [0.29, 0.717) is 5.75 Å². The topological polar surface area (TPSA) is 38.8 Å². The van der Waals surface area contributed by atoms with Gasteiger partial charge in [0.1, 0.15) is 4.32 Å². The van der Waals surface area contributed by atoms with Crippen molar-refractivity contribution in [2.75, 3.05) is 55.2 Å². The van der Waals surface area contributed by atoms with Crippen LogP contribution in [-0.4, -0.2) is 65.0 Å². The Balaban J connectivity index is 1.43. The third kappa shape index (κ3) is 7.23. The number of hydrogen-bond acceptors (Lipinski definition) is 5. The zero-order chi connectivity index (χ0) is 22.1. The number of amides is 1. The molecular formula is C24H32N4OS2. The van der Waals surface area contributed by atoms with Gasteiger partial charge in [-0.25, -0.2) is 0 Å². The number of carbonyl (C=O) groups excluding carboxylic acids is 1. The zero-order valence-corrected chi connectivity index (χ0v) is 20.1. The van der Waals surface area contributed by atoms with Crippen LogP contribution in [0.25, 0.3) is 0 Å². The highest BCUT2D eigenvalue weighted by molar-refractivity contribution is 8.23. The van der Waals surface area contributed by atoms with Gasteiger partial charge in [-0.3, -0.25) is 9.69 Å². The largest absolute Gasteiger partial charge is 0.369 e. The fourth-order valence-corrected chi connectivity index (χ4v) is 4.86. The standard InChI is InChI=1S/C24H32N4OS2/c1-3-27(4-2)24(30)31-19-23(29)25-21-10-12-22(13-11-21)28-16-14-26(15-17-28)18-20-8-6-5-7-9-20/h5-13H,3-4,14-19H2,1-2H3,(H,25,29). The van der Waals surface area contributed by atoms with Crippen molar-refractivity contribution < 1.29 is 4.79 Å². The van der Waals surface area contributed by atoms with Crippen molar-refractivity contribution in [3.05, 3.63) is 60.2 Å². The van der Waals surface area contributed by atoms with Crippen LogP contribution in [0.15, 0.2) is 54.6 Å². The van der Waals surface area contributed by atoms with E-state index in [1.165, 1.54) is 23.0 Å². The third-order valence-corrected chi connectivity index (χ3v) is 7.01. The molecule has 1 aliphatic heterocycles. The van der Waals surface area contributed by atoms with Gasteiger partial charge >= 0.3 is 0 Å². The highest BCUT2D eigenvalue weighted by atomic mass is 32.2. The quantitative estimate of drug-likeness (QED) is 0.597. The van der Waals surface area contributed by atoms with E-state index in [9.17, 15) is 4.79 Å². The van der Waals surface area contributed by atoms with E-state index in [2.05, 4.69) is 76.3 Å². The number of carbonyl (C=O) groups is 1. The van der Waals surface area contributed by atoms with Crippen LogP contribution in [0.3, 0.4) is 0 Å². The van der Waals surface area contributed by atoms with E-state index in [-0.39, 0.29) is 5.91 Å². The Bertz CT molecular complexity index is 832. The van der Waals surface area contributed by atoms with Gasteiger partial charge in [0, 0.05) is 57.2 Å². The van der Waals surface area contributed by atoms with Gasteiger partial charge in [0.25, 0.3) is 0 Å². The van der Waals surface area contributed by atoms with Crippen LogP contribution in [0.5, 0.6) is 0 Å². The smallest absolute Gasteiger partial charge is 0.234 e. The normalized spacial score (nSPS) is 14.3. The first-order chi connectivity index (χ1) is 15.1. The van der Waals surface area contributed by atoms with Crippen molar-refractivity contribution >= 4 is 45.6 Å². The van der Waals surface area contributed by atoms with Gasteiger partial charge in [0.15, 0.2) is 0 Å². The van der Waals surface area contributed by atoms with Crippen LogP contribution in [0.1, 0.15) is 19.4 Å². The van der Waals surface area contributed by atoms with Crippen molar-refractivity contribution in [1.82, 2.24) is 9.80 Å². The second-order valence-corrected chi connectivity index (χ2v) is 9.18. The lowest BCUT2D eigenvalue weighted by molar-refractivity contribution is -0.113. The third-order valence-electron chi connectivity index (χ3n) is 5.49. The molecule has 7 heteroatoms.